The molecule has 266 valence electrons. The largest absolute Gasteiger partial charge is 0.500 e. The molecular weight excluding hydrogens is 658 g/mol. The van der Waals surface area contributed by atoms with E-state index in [1.807, 2.05) is 62.3 Å². The lowest BCUT2D eigenvalue weighted by molar-refractivity contribution is 0.0701. The van der Waals surface area contributed by atoms with E-state index in [1.54, 1.807) is 0 Å². The number of nitrogens with one attached hydrogen (secondary N) is 3. The molecule has 0 atom stereocenters. The molecule has 12 nitrogen and oxygen atoms in total. The Bertz CT molecular complexity index is 600. The molecule has 17 heteroatoms. The van der Waals surface area contributed by atoms with Crippen LogP contribution in [0.5, 0.6) is 0 Å². The van der Waals surface area contributed by atoms with Gasteiger partial charge in [0.05, 0.1) is 0 Å². The Morgan fingerprint density at radius 3 is 0.727 bits per heavy atom. The van der Waals surface area contributed by atoms with E-state index in [2.05, 4.69) is 15.3 Å². The summed E-state index contributed by atoms with van der Waals surface area (Å²) >= 11 is 6.21. The van der Waals surface area contributed by atoms with Gasteiger partial charge in [0.2, 0.25) is 0 Å². The molecule has 0 bridgehead atoms. The van der Waals surface area contributed by atoms with Gasteiger partial charge in [0.25, 0.3) is 0 Å². The van der Waals surface area contributed by atoms with Crippen LogP contribution in [0.25, 0.3) is 0 Å². The second-order valence-electron chi connectivity index (χ2n) is 9.59. The van der Waals surface area contributed by atoms with E-state index in [-0.39, 0.29) is 0 Å². The van der Waals surface area contributed by atoms with Crippen molar-refractivity contribution >= 4 is 44.7 Å². The van der Waals surface area contributed by atoms with E-state index >= 15 is 0 Å². The molecule has 0 unspecified atom stereocenters. The normalized spacial score (nSPS) is 13.2. The first-order valence-corrected chi connectivity index (χ1v) is 25.4. The summed E-state index contributed by atoms with van der Waals surface area (Å²) in [6.07, 6.45) is 2.45. The topological polar surface area (TPSA) is 119 Å². The molecule has 0 saturated carbocycles. The smallest absolute Gasteiger partial charge is 0.374 e. The van der Waals surface area contributed by atoms with Crippen LogP contribution < -0.4 is 15.3 Å². The number of hydrogen-bond acceptors (Lipinski definition) is 10. The van der Waals surface area contributed by atoms with Gasteiger partial charge in [0, 0.05) is 97.2 Å². The highest BCUT2D eigenvalue weighted by atomic mass is 32.4. The first kappa shape index (κ1) is 44.8. The van der Waals surface area contributed by atoms with E-state index in [1.165, 1.54) is 0 Å². The van der Waals surface area contributed by atoms with Gasteiger partial charge in [-0.1, -0.05) is 0 Å². The van der Waals surface area contributed by atoms with Gasteiger partial charge in [-0.05, 0) is 93.4 Å². The fourth-order valence-electron chi connectivity index (χ4n) is 4.80. The van der Waals surface area contributed by atoms with E-state index in [0.717, 1.165) is 37.4 Å². The van der Waals surface area contributed by atoms with E-state index < -0.39 is 32.9 Å². The van der Waals surface area contributed by atoms with Crippen LogP contribution in [0.4, 0.5) is 0 Å². The van der Waals surface area contributed by atoms with Gasteiger partial charge < -0.3 is 39.8 Å². The van der Waals surface area contributed by atoms with Gasteiger partial charge in [0.1, 0.15) is 6.49 Å². The lowest BCUT2D eigenvalue weighted by Gasteiger charge is -2.31. The standard InChI is InChI=1S/C27H66N3O9PSSi3/c1-10-31-42(32-11-2,33-12-3)25-19-22-28-40(41,29-23-20-26-43(34-13-4,35-14-5)36-15-6)30-24-21-27-44(37-16-7,38-17-8)39-18-9/h10-27H2,1-9H3,(H3,28,29,30,41). The molecule has 3 N–H and O–H groups in total. The van der Waals surface area contributed by atoms with Crippen molar-refractivity contribution in [1.82, 2.24) is 15.3 Å². The third kappa shape index (κ3) is 18.4. The minimum absolute atomic E-state index is 0.562. The van der Waals surface area contributed by atoms with Crippen LogP contribution in [0.1, 0.15) is 81.6 Å². The maximum atomic E-state index is 6.21. The molecule has 0 rings (SSSR count). The van der Waals surface area contributed by atoms with Crippen molar-refractivity contribution < 1.29 is 39.8 Å². The Hall–Kier alpha value is 0.821. The van der Waals surface area contributed by atoms with Crippen LogP contribution in [0.2, 0.25) is 18.1 Å². The molecule has 0 amide bonds. The van der Waals surface area contributed by atoms with Gasteiger partial charge in [-0.3, -0.25) is 15.3 Å². The maximum absolute atomic E-state index is 6.21. The summed E-state index contributed by atoms with van der Waals surface area (Å²) in [5.74, 6) is 0. The Balaban J connectivity index is 5.48. The second-order valence-corrected chi connectivity index (χ2v) is 21.6. The van der Waals surface area contributed by atoms with E-state index in [4.69, 9.17) is 51.6 Å². The van der Waals surface area contributed by atoms with Crippen molar-refractivity contribution in [3.63, 3.8) is 0 Å². The fourth-order valence-corrected chi connectivity index (χ4v) is 15.2. The lowest BCUT2D eigenvalue weighted by atomic mass is 10.5. The molecule has 0 aliphatic carbocycles. The molecule has 0 radical (unpaired) electrons. The molecule has 0 spiro atoms. The Morgan fingerprint density at radius 1 is 0.386 bits per heavy atom. The van der Waals surface area contributed by atoms with Crippen molar-refractivity contribution in [1.29, 1.82) is 0 Å². The Kier molecular flexibility index (Phi) is 27.2. The van der Waals surface area contributed by atoms with Crippen molar-refractivity contribution in [2.45, 2.75) is 99.7 Å². The third-order valence-electron chi connectivity index (χ3n) is 6.26. The number of hydrogen-bond donors (Lipinski definition) is 3. The minimum Gasteiger partial charge on any atom is -0.374 e. The van der Waals surface area contributed by atoms with Gasteiger partial charge in [-0.2, -0.15) is 0 Å². The van der Waals surface area contributed by atoms with Gasteiger partial charge in [-0.25, -0.2) is 0 Å². The van der Waals surface area contributed by atoms with Crippen LogP contribution in [0.3, 0.4) is 0 Å². The van der Waals surface area contributed by atoms with Crippen LogP contribution in [-0.4, -0.2) is 106 Å². The van der Waals surface area contributed by atoms with Gasteiger partial charge in [0.15, 0.2) is 0 Å². The highest BCUT2D eigenvalue weighted by molar-refractivity contribution is 8.11. The van der Waals surface area contributed by atoms with Crippen LogP contribution >= 0.6 is 6.49 Å². The molecule has 0 aromatic rings. The zero-order valence-corrected chi connectivity index (χ0v) is 34.0. The molecule has 0 aromatic carbocycles. The summed E-state index contributed by atoms with van der Waals surface area (Å²) in [6, 6.07) is 2.17. The summed E-state index contributed by atoms with van der Waals surface area (Å²) in [7, 11) is -8.16. The molecule has 0 saturated heterocycles. The second kappa shape index (κ2) is 26.7. The highest BCUT2D eigenvalue weighted by Gasteiger charge is 2.41. The third-order valence-corrected chi connectivity index (χ3v) is 18.9. The molecule has 0 aliphatic heterocycles. The summed E-state index contributed by atoms with van der Waals surface area (Å²) in [5, 5.41) is 10.9. The summed E-state index contributed by atoms with van der Waals surface area (Å²) in [6.45, 7) is 22.6. The predicted molar refractivity (Wildman–Crippen MR) is 188 cm³/mol. The van der Waals surface area contributed by atoms with Gasteiger partial charge >= 0.3 is 26.4 Å². The first-order valence-electron chi connectivity index (χ1n) is 16.8. The van der Waals surface area contributed by atoms with Crippen molar-refractivity contribution in [2.75, 3.05) is 79.1 Å². The SMILES string of the molecule is CCO[Si](CCCNP(=S)(NCCC[Si](OCC)(OCC)OCC)NCCC[Si](OCC)(OCC)OCC)(OCC)OCC. The molecular formula is C27H66N3O9PSSi3. The van der Waals surface area contributed by atoms with Crippen LogP contribution in [0.15, 0.2) is 0 Å². The van der Waals surface area contributed by atoms with Crippen LogP contribution in [-0.2, 0) is 51.6 Å². The van der Waals surface area contributed by atoms with Crippen molar-refractivity contribution in [3.05, 3.63) is 0 Å². The molecule has 44 heavy (non-hydrogen) atoms. The molecule has 0 heterocycles. The molecule has 0 fully saturated rings. The van der Waals surface area contributed by atoms with Crippen molar-refractivity contribution in [3.8, 4) is 0 Å². The summed E-state index contributed by atoms with van der Waals surface area (Å²) in [4.78, 5) is 0. The number of rotatable bonds is 33. The molecule has 0 aliphatic rings. The zero-order chi connectivity index (χ0) is 33.2. The average molecular weight is 724 g/mol. The fraction of sp³-hybridized carbons (Fsp3) is 1.00. The lowest BCUT2D eigenvalue weighted by Crippen LogP contribution is -2.47. The summed E-state index contributed by atoms with van der Waals surface area (Å²) < 4.78 is 54.4. The quantitative estimate of drug-likeness (QED) is 0.0463. The first-order chi connectivity index (χ1) is 21.2. The summed E-state index contributed by atoms with van der Waals surface area (Å²) in [5.41, 5.74) is 0. The van der Waals surface area contributed by atoms with E-state index in [0.29, 0.717) is 79.1 Å². The highest BCUT2D eigenvalue weighted by Crippen LogP contribution is 2.32. The monoisotopic (exact) mass is 723 g/mol. The predicted octanol–water partition coefficient (Wildman–Crippen LogP) is 5.30. The van der Waals surface area contributed by atoms with E-state index in [9.17, 15) is 0 Å². The maximum Gasteiger partial charge on any atom is 0.500 e. The van der Waals surface area contributed by atoms with Crippen LogP contribution in [0, 0.1) is 0 Å². The Labute approximate surface area is 277 Å². The zero-order valence-electron chi connectivity index (χ0n) is 29.3. The van der Waals surface area contributed by atoms with Crippen molar-refractivity contribution in [2.24, 2.45) is 0 Å². The van der Waals surface area contributed by atoms with Gasteiger partial charge in [-0.15, -0.1) is 0 Å². The minimum atomic E-state index is -2.72. The molecule has 0 aromatic heterocycles. The Morgan fingerprint density at radius 2 is 0.568 bits per heavy atom. The average Bonchev–Trinajstić information content (AvgIpc) is 2.97.